The highest BCUT2D eigenvalue weighted by Crippen LogP contribution is 2.35. The second kappa shape index (κ2) is 8.16. The SMILES string of the molecule is CC1=NC(=NC(=O)c2ccnc(F)c2)c2cc(Cl)[nH]c2C1S(=O)(=O)Cc1ccccc1. The number of carbonyl (C=O) groups is 1. The van der Waals surface area contributed by atoms with E-state index in [1.807, 2.05) is 0 Å². The Labute approximate surface area is 182 Å². The number of nitrogens with one attached hydrogen (secondary N) is 1. The third-order valence-corrected chi connectivity index (χ3v) is 6.97. The predicted molar refractivity (Wildman–Crippen MR) is 116 cm³/mol. The van der Waals surface area contributed by atoms with Gasteiger partial charge in [0.05, 0.1) is 11.4 Å². The van der Waals surface area contributed by atoms with E-state index in [1.165, 1.54) is 12.1 Å². The smallest absolute Gasteiger partial charge is 0.279 e. The van der Waals surface area contributed by atoms with Crippen LogP contribution in [-0.4, -0.2) is 35.8 Å². The van der Waals surface area contributed by atoms with Crippen molar-refractivity contribution in [2.24, 2.45) is 9.98 Å². The molecule has 0 bridgehead atoms. The fourth-order valence-corrected chi connectivity index (χ4v) is 5.59. The summed E-state index contributed by atoms with van der Waals surface area (Å²) in [5.74, 6) is -1.74. The molecule has 0 aliphatic carbocycles. The maximum atomic E-state index is 13.3. The maximum Gasteiger partial charge on any atom is 0.279 e. The van der Waals surface area contributed by atoms with Crippen LogP contribution in [0.1, 0.15) is 39.4 Å². The molecule has 4 rings (SSSR count). The van der Waals surface area contributed by atoms with Gasteiger partial charge in [0.15, 0.2) is 15.7 Å². The van der Waals surface area contributed by atoms with Crippen LogP contribution in [0.2, 0.25) is 5.15 Å². The van der Waals surface area contributed by atoms with Crippen molar-refractivity contribution in [1.29, 1.82) is 0 Å². The number of amidine groups is 1. The average Bonchev–Trinajstić information content (AvgIpc) is 3.09. The number of rotatable bonds is 4. The van der Waals surface area contributed by atoms with Gasteiger partial charge >= 0.3 is 0 Å². The van der Waals surface area contributed by atoms with Gasteiger partial charge in [0.2, 0.25) is 5.95 Å². The molecule has 0 radical (unpaired) electrons. The van der Waals surface area contributed by atoms with Crippen LogP contribution in [0.25, 0.3) is 0 Å². The summed E-state index contributed by atoms with van der Waals surface area (Å²) in [5, 5.41) is -0.882. The Hall–Kier alpha value is -3.17. The number of sulfone groups is 1. The van der Waals surface area contributed by atoms with Crippen LogP contribution >= 0.6 is 11.6 Å². The summed E-state index contributed by atoms with van der Waals surface area (Å²) in [6.45, 7) is 1.55. The molecule has 3 aromatic rings. The average molecular weight is 459 g/mol. The molecule has 3 heterocycles. The Bertz CT molecular complexity index is 1330. The van der Waals surface area contributed by atoms with Crippen LogP contribution < -0.4 is 0 Å². The number of amides is 1. The lowest BCUT2D eigenvalue weighted by Crippen LogP contribution is -2.28. The normalized spacial score (nSPS) is 17.3. The minimum absolute atomic E-state index is 0.00373. The largest absolute Gasteiger partial charge is 0.347 e. The lowest BCUT2D eigenvalue weighted by molar-refractivity contribution is 0.100. The first-order valence-electron chi connectivity index (χ1n) is 9.18. The number of fused-ring (bicyclic) bond motifs is 1. The van der Waals surface area contributed by atoms with Crippen molar-refractivity contribution in [3.05, 3.63) is 88.2 Å². The van der Waals surface area contributed by atoms with Crippen molar-refractivity contribution in [2.75, 3.05) is 0 Å². The molecule has 1 aliphatic heterocycles. The van der Waals surface area contributed by atoms with Gasteiger partial charge in [0, 0.05) is 29.1 Å². The van der Waals surface area contributed by atoms with E-state index in [0.29, 0.717) is 16.8 Å². The molecule has 0 fully saturated rings. The molecule has 0 saturated heterocycles. The number of aromatic amines is 1. The van der Waals surface area contributed by atoms with E-state index in [0.717, 1.165) is 12.3 Å². The molecule has 0 spiro atoms. The number of nitrogens with zero attached hydrogens (tertiary/aromatic N) is 3. The summed E-state index contributed by atoms with van der Waals surface area (Å²) in [7, 11) is -3.71. The molecule has 1 aromatic carbocycles. The summed E-state index contributed by atoms with van der Waals surface area (Å²) >= 11 is 6.11. The van der Waals surface area contributed by atoms with Gasteiger partial charge < -0.3 is 4.98 Å². The zero-order valence-electron chi connectivity index (χ0n) is 16.2. The number of carbonyl (C=O) groups excluding carboxylic acids is 1. The van der Waals surface area contributed by atoms with E-state index in [4.69, 9.17) is 11.6 Å². The molecule has 31 heavy (non-hydrogen) atoms. The van der Waals surface area contributed by atoms with Crippen molar-refractivity contribution in [1.82, 2.24) is 9.97 Å². The molecule has 1 atom stereocenters. The minimum Gasteiger partial charge on any atom is -0.347 e. The molecular formula is C21H16ClFN4O3S. The molecule has 1 aliphatic rings. The quantitative estimate of drug-likeness (QED) is 0.598. The highest BCUT2D eigenvalue weighted by atomic mass is 35.5. The van der Waals surface area contributed by atoms with E-state index in [1.54, 1.807) is 37.3 Å². The summed E-state index contributed by atoms with van der Waals surface area (Å²) in [4.78, 5) is 27.0. The molecule has 7 nitrogen and oxygen atoms in total. The van der Waals surface area contributed by atoms with Gasteiger partial charge in [-0.2, -0.15) is 9.38 Å². The molecule has 1 amide bonds. The Morgan fingerprint density at radius 2 is 1.97 bits per heavy atom. The molecule has 10 heteroatoms. The first-order chi connectivity index (χ1) is 14.7. The molecule has 1 N–H and O–H groups in total. The zero-order chi connectivity index (χ0) is 22.2. The first-order valence-corrected chi connectivity index (χ1v) is 11.3. The summed E-state index contributed by atoms with van der Waals surface area (Å²) in [6, 6.07) is 12.6. The third kappa shape index (κ3) is 4.33. The first kappa shape index (κ1) is 21.1. The van der Waals surface area contributed by atoms with Crippen molar-refractivity contribution in [3.8, 4) is 0 Å². The lowest BCUT2D eigenvalue weighted by Gasteiger charge is -2.22. The molecule has 1 unspecified atom stereocenters. The number of hydrogen-bond acceptors (Lipinski definition) is 4. The van der Waals surface area contributed by atoms with Crippen molar-refractivity contribution < 1.29 is 17.6 Å². The van der Waals surface area contributed by atoms with Gasteiger partial charge in [0.1, 0.15) is 10.4 Å². The monoisotopic (exact) mass is 458 g/mol. The standard InChI is InChI=1S/C21H16ClFN4O3S/c1-12-19(31(29,30)11-13-5-3-2-4-6-13)18-15(10-16(22)26-18)20(25-12)27-21(28)14-7-8-24-17(23)9-14/h2-10,19,26H,11H2,1H3. The van der Waals surface area contributed by atoms with Gasteiger partial charge in [-0.05, 0) is 24.6 Å². The Morgan fingerprint density at radius 3 is 2.68 bits per heavy atom. The minimum atomic E-state index is -3.71. The molecule has 2 aromatic heterocycles. The third-order valence-electron chi connectivity index (χ3n) is 4.73. The summed E-state index contributed by atoms with van der Waals surface area (Å²) < 4.78 is 39.8. The topological polar surface area (TPSA) is 105 Å². The summed E-state index contributed by atoms with van der Waals surface area (Å²) in [5.41, 5.74) is 1.48. The number of halogens is 2. The van der Waals surface area contributed by atoms with E-state index >= 15 is 0 Å². The number of aliphatic imine (C=N–C) groups is 2. The van der Waals surface area contributed by atoms with Crippen LogP contribution in [0.4, 0.5) is 4.39 Å². The van der Waals surface area contributed by atoms with E-state index in [-0.39, 0.29) is 28.0 Å². The van der Waals surface area contributed by atoms with Crippen LogP contribution in [0.3, 0.4) is 0 Å². The maximum absolute atomic E-state index is 13.3. The van der Waals surface area contributed by atoms with Crippen molar-refractivity contribution in [3.63, 3.8) is 0 Å². The second-order valence-corrected chi connectivity index (χ2v) is 9.47. The van der Waals surface area contributed by atoms with E-state index < -0.39 is 26.9 Å². The summed E-state index contributed by atoms with van der Waals surface area (Å²) in [6.07, 6.45) is 1.16. The number of H-pyrrole nitrogens is 1. The number of aromatic nitrogens is 2. The van der Waals surface area contributed by atoms with Crippen LogP contribution in [-0.2, 0) is 15.6 Å². The molecular weight excluding hydrogens is 443 g/mol. The second-order valence-electron chi connectivity index (χ2n) is 6.98. The molecule has 158 valence electrons. The molecule has 0 saturated carbocycles. The Kier molecular flexibility index (Phi) is 5.55. The van der Waals surface area contributed by atoms with Crippen LogP contribution in [0, 0.1) is 5.95 Å². The van der Waals surface area contributed by atoms with Gasteiger partial charge in [-0.15, -0.1) is 0 Å². The Morgan fingerprint density at radius 1 is 1.23 bits per heavy atom. The number of benzene rings is 1. The highest BCUT2D eigenvalue weighted by molar-refractivity contribution is 7.91. The van der Waals surface area contributed by atoms with Crippen molar-refractivity contribution >= 4 is 38.9 Å². The van der Waals surface area contributed by atoms with Gasteiger partial charge in [-0.3, -0.25) is 4.79 Å². The highest BCUT2D eigenvalue weighted by Gasteiger charge is 2.38. The van der Waals surface area contributed by atoms with Gasteiger partial charge in [-0.1, -0.05) is 41.9 Å². The lowest BCUT2D eigenvalue weighted by atomic mass is 10.1. The zero-order valence-corrected chi connectivity index (χ0v) is 17.8. The number of hydrogen-bond donors (Lipinski definition) is 1. The van der Waals surface area contributed by atoms with Crippen LogP contribution in [0.15, 0.2) is 64.7 Å². The van der Waals surface area contributed by atoms with Crippen LogP contribution in [0.5, 0.6) is 0 Å². The predicted octanol–water partition coefficient (Wildman–Crippen LogP) is 3.92. The Balaban J connectivity index is 1.75. The fourth-order valence-electron chi connectivity index (χ4n) is 3.43. The fraction of sp³-hybridized carbons (Fsp3) is 0.143. The number of pyridine rings is 1. The van der Waals surface area contributed by atoms with E-state index in [2.05, 4.69) is 20.0 Å². The van der Waals surface area contributed by atoms with Gasteiger partial charge in [-0.25, -0.2) is 18.4 Å². The van der Waals surface area contributed by atoms with Crippen molar-refractivity contribution in [2.45, 2.75) is 17.9 Å². The van der Waals surface area contributed by atoms with Gasteiger partial charge in [0.25, 0.3) is 5.91 Å². The van der Waals surface area contributed by atoms with E-state index in [9.17, 15) is 17.6 Å².